The van der Waals surface area contributed by atoms with Crippen LogP contribution >= 0.6 is 8.38 Å². The Kier molecular flexibility index (Phi) is 9.94. The smallest absolute Gasteiger partial charge is 0.198 e. The molecule has 0 saturated heterocycles. The van der Waals surface area contributed by atoms with Crippen LogP contribution in [0.5, 0.6) is 0 Å². The molecule has 4 rings (SSSR count). The zero-order valence-electron chi connectivity index (χ0n) is 23.6. The van der Waals surface area contributed by atoms with Gasteiger partial charge in [-0.25, -0.2) is 4.39 Å². The van der Waals surface area contributed by atoms with Crippen molar-refractivity contribution in [2.75, 3.05) is 26.2 Å². The molecule has 4 aliphatic carbocycles. The Hall–Kier alpha value is -0.980. The van der Waals surface area contributed by atoms with Gasteiger partial charge in [0, 0.05) is 17.3 Å². The highest BCUT2D eigenvalue weighted by atomic mass is 31.2. The van der Waals surface area contributed by atoms with Gasteiger partial charge < -0.3 is 18.9 Å². The van der Waals surface area contributed by atoms with E-state index < -0.39 is 37.6 Å². The van der Waals surface area contributed by atoms with Gasteiger partial charge in [-0.2, -0.15) is 0 Å². The standard InChI is InChI=1S/C27H40FO6P.C2H6/c1-6-33-35(34-7-2)16-32-23-14-25(4)21(12-17(3)24(25)22(31)15-29)20-9-8-18-13-19(30)10-11-26(18,5)27(20,23)28;1-2/h10-11,13,17,20-21,23-24,29H,6-9,12,14-16H2,1-5H3;1-2H3/t17-,20?,21+,23?,24?,25?,26?,27+;/m1./s1. The van der Waals surface area contributed by atoms with Gasteiger partial charge in [0.2, 0.25) is 0 Å². The summed E-state index contributed by atoms with van der Waals surface area (Å²) in [7, 11) is -1.32. The lowest BCUT2D eigenvalue weighted by molar-refractivity contribution is -0.208. The normalized spacial score (nSPS) is 40.3. The van der Waals surface area contributed by atoms with Crippen LogP contribution in [-0.2, 0) is 23.4 Å². The van der Waals surface area contributed by atoms with E-state index in [1.807, 2.05) is 34.6 Å². The Morgan fingerprint density at radius 2 is 1.84 bits per heavy atom. The van der Waals surface area contributed by atoms with Gasteiger partial charge >= 0.3 is 0 Å². The number of carbonyl (C=O) groups excluding carboxylic acids is 2. The van der Waals surface area contributed by atoms with Crippen LogP contribution in [0.25, 0.3) is 0 Å². The molecule has 0 heterocycles. The number of halogens is 1. The Balaban J connectivity index is 0.00000186. The molecule has 8 heteroatoms. The van der Waals surface area contributed by atoms with Gasteiger partial charge in [0.15, 0.2) is 25.6 Å². The summed E-state index contributed by atoms with van der Waals surface area (Å²) in [4.78, 5) is 25.1. The van der Waals surface area contributed by atoms with Crippen LogP contribution in [0.15, 0.2) is 23.8 Å². The van der Waals surface area contributed by atoms with E-state index in [9.17, 15) is 14.7 Å². The summed E-state index contributed by atoms with van der Waals surface area (Å²) >= 11 is 0. The predicted octanol–water partition coefficient (Wildman–Crippen LogP) is 6.17. The van der Waals surface area contributed by atoms with Crippen molar-refractivity contribution in [3.05, 3.63) is 23.8 Å². The quantitative estimate of drug-likeness (QED) is 0.352. The maximum Gasteiger partial charge on any atom is 0.198 e. The van der Waals surface area contributed by atoms with E-state index >= 15 is 4.39 Å². The third-order valence-electron chi connectivity index (χ3n) is 9.39. The molecule has 0 amide bonds. The number of allylic oxidation sites excluding steroid dienone is 4. The van der Waals surface area contributed by atoms with Gasteiger partial charge in [-0.15, -0.1) is 0 Å². The van der Waals surface area contributed by atoms with Crippen molar-refractivity contribution in [3.63, 3.8) is 0 Å². The summed E-state index contributed by atoms with van der Waals surface area (Å²) in [5.74, 6) is -0.865. The number of fused-ring (bicyclic) bond motifs is 5. The lowest BCUT2D eigenvalue weighted by atomic mass is 9.45. The van der Waals surface area contributed by atoms with Crippen molar-refractivity contribution in [2.45, 2.75) is 85.9 Å². The molecule has 0 bridgehead atoms. The summed E-state index contributed by atoms with van der Waals surface area (Å²) in [6.45, 7) is 14.3. The maximum atomic E-state index is 18.0. The molecule has 3 saturated carbocycles. The first-order valence-corrected chi connectivity index (χ1v) is 15.3. The van der Waals surface area contributed by atoms with Crippen LogP contribution in [0.1, 0.15) is 74.1 Å². The molecule has 210 valence electrons. The van der Waals surface area contributed by atoms with Crippen LogP contribution in [-0.4, -0.2) is 54.6 Å². The van der Waals surface area contributed by atoms with E-state index in [1.165, 1.54) is 6.08 Å². The molecule has 1 N–H and O–H groups in total. The molecule has 0 aliphatic heterocycles. The molecular weight excluding hydrogens is 494 g/mol. The first-order valence-electron chi connectivity index (χ1n) is 14.0. The fourth-order valence-electron chi connectivity index (χ4n) is 8.06. The van der Waals surface area contributed by atoms with Crippen LogP contribution in [0.3, 0.4) is 0 Å². The third-order valence-corrected chi connectivity index (χ3v) is 10.8. The fourth-order valence-corrected chi connectivity index (χ4v) is 9.16. The number of alkyl halides is 1. The van der Waals surface area contributed by atoms with Crippen LogP contribution in [0, 0.1) is 34.5 Å². The molecule has 5 unspecified atom stereocenters. The van der Waals surface area contributed by atoms with Gasteiger partial charge in [0.1, 0.15) is 13.0 Å². The fraction of sp³-hybridized carbons (Fsp3) is 0.793. The SMILES string of the molecule is CC.CCOP(COC1CC2(C)C(C(=O)CO)[C@H](C)C[C@H]2C2CCC3=CC(=O)C=CC3(C)[C@@]12F)OCC. The number of hydrogen-bond acceptors (Lipinski definition) is 6. The van der Waals surface area contributed by atoms with Crippen molar-refractivity contribution >= 4 is 19.9 Å². The summed E-state index contributed by atoms with van der Waals surface area (Å²) in [5, 5.41) is 9.75. The Morgan fingerprint density at radius 1 is 1.19 bits per heavy atom. The Bertz CT molecular complexity index is 901. The van der Waals surface area contributed by atoms with Crippen molar-refractivity contribution in [2.24, 2.45) is 34.5 Å². The second kappa shape index (κ2) is 12.0. The highest BCUT2D eigenvalue weighted by molar-refractivity contribution is 7.47. The monoisotopic (exact) mass is 540 g/mol. The number of Topliss-reactive ketones (excluding diaryl/α,β-unsaturated/α-hetero) is 1. The third kappa shape index (κ3) is 5.04. The first kappa shape index (κ1) is 30.6. The number of aliphatic hydroxyl groups is 1. The second-order valence-corrected chi connectivity index (χ2v) is 12.5. The van der Waals surface area contributed by atoms with Crippen LogP contribution in [0.4, 0.5) is 4.39 Å². The zero-order chi connectivity index (χ0) is 27.6. The zero-order valence-corrected chi connectivity index (χ0v) is 24.5. The van der Waals surface area contributed by atoms with Gasteiger partial charge in [-0.1, -0.05) is 39.3 Å². The highest BCUT2D eigenvalue weighted by Gasteiger charge is 2.72. The molecule has 0 aromatic carbocycles. The first-order chi connectivity index (χ1) is 17.6. The van der Waals surface area contributed by atoms with E-state index in [1.54, 1.807) is 12.2 Å². The average molecular weight is 541 g/mol. The lowest BCUT2D eigenvalue weighted by Crippen LogP contribution is -2.67. The number of rotatable bonds is 9. The number of hydrogen-bond donors (Lipinski definition) is 1. The molecule has 0 radical (unpaired) electrons. The van der Waals surface area contributed by atoms with Gasteiger partial charge in [0.05, 0.1) is 19.3 Å². The van der Waals surface area contributed by atoms with Crippen molar-refractivity contribution in [3.8, 4) is 0 Å². The number of aliphatic hydroxyl groups excluding tert-OH is 1. The minimum absolute atomic E-state index is 0.00690. The number of ketones is 2. The molecule has 0 aromatic heterocycles. The number of carbonyl (C=O) groups is 2. The average Bonchev–Trinajstić information content (AvgIpc) is 3.14. The summed E-state index contributed by atoms with van der Waals surface area (Å²) in [5.41, 5.74) is -2.35. The Morgan fingerprint density at radius 3 is 2.43 bits per heavy atom. The van der Waals surface area contributed by atoms with Gasteiger partial charge in [-0.05, 0) is 75.9 Å². The number of ether oxygens (including phenoxy) is 1. The highest BCUT2D eigenvalue weighted by Crippen LogP contribution is 2.70. The summed E-state index contributed by atoms with van der Waals surface area (Å²) in [6, 6.07) is 0. The maximum absolute atomic E-state index is 18.0. The Labute approximate surface area is 223 Å². The van der Waals surface area contributed by atoms with E-state index in [-0.39, 0.29) is 41.6 Å². The molecule has 4 aliphatic rings. The largest absolute Gasteiger partial charge is 0.389 e. The van der Waals surface area contributed by atoms with Crippen LogP contribution in [0.2, 0.25) is 0 Å². The summed E-state index contributed by atoms with van der Waals surface area (Å²) in [6.07, 6.45) is 6.56. The molecule has 37 heavy (non-hydrogen) atoms. The van der Waals surface area contributed by atoms with E-state index in [0.29, 0.717) is 32.5 Å². The van der Waals surface area contributed by atoms with E-state index in [4.69, 9.17) is 13.8 Å². The van der Waals surface area contributed by atoms with Gasteiger partial charge in [-0.3, -0.25) is 9.59 Å². The minimum Gasteiger partial charge on any atom is -0.389 e. The summed E-state index contributed by atoms with van der Waals surface area (Å²) < 4.78 is 35.8. The van der Waals surface area contributed by atoms with Gasteiger partial charge in [0.25, 0.3) is 0 Å². The van der Waals surface area contributed by atoms with Crippen LogP contribution < -0.4 is 0 Å². The molecule has 6 nitrogen and oxygen atoms in total. The topological polar surface area (TPSA) is 82.1 Å². The molecular formula is C29H46FO6P. The van der Waals surface area contributed by atoms with Crippen molar-refractivity contribution < 1.29 is 32.9 Å². The minimum atomic E-state index is -1.74. The molecule has 0 aromatic rings. The molecule has 0 spiro atoms. The predicted molar refractivity (Wildman–Crippen MR) is 144 cm³/mol. The van der Waals surface area contributed by atoms with Crippen molar-refractivity contribution in [1.29, 1.82) is 0 Å². The second-order valence-electron chi connectivity index (χ2n) is 11.1. The van der Waals surface area contributed by atoms with E-state index in [0.717, 1.165) is 12.0 Å². The van der Waals surface area contributed by atoms with E-state index in [2.05, 4.69) is 13.8 Å². The molecule has 8 atom stereocenters. The molecule has 3 fully saturated rings. The van der Waals surface area contributed by atoms with Crippen molar-refractivity contribution in [1.82, 2.24) is 0 Å². The lowest BCUT2D eigenvalue weighted by Gasteiger charge is -2.62.